The molecule has 0 saturated carbocycles. The van der Waals surface area contributed by atoms with Crippen LogP contribution in [0.25, 0.3) is 0 Å². The molecular formula is C14H20BrN. The number of aryl methyl sites for hydroxylation is 2. The van der Waals surface area contributed by atoms with Gasteiger partial charge in [0.1, 0.15) is 0 Å². The second kappa shape index (κ2) is 5.83. The smallest absolute Gasteiger partial charge is 0.0234 e. The average Bonchev–Trinajstić information content (AvgIpc) is 2.75. The number of halogens is 1. The van der Waals surface area contributed by atoms with E-state index in [4.69, 9.17) is 0 Å². The summed E-state index contributed by atoms with van der Waals surface area (Å²) in [6, 6.07) is 7.06. The van der Waals surface area contributed by atoms with Crippen molar-refractivity contribution >= 4 is 15.9 Å². The summed E-state index contributed by atoms with van der Waals surface area (Å²) < 4.78 is 0. The molecule has 0 N–H and O–H groups in total. The number of benzene rings is 1. The second-order valence-electron chi connectivity index (χ2n) is 4.51. The van der Waals surface area contributed by atoms with Gasteiger partial charge in [-0.1, -0.05) is 41.1 Å². The van der Waals surface area contributed by atoms with Gasteiger partial charge >= 0.3 is 0 Å². The van der Waals surface area contributed by atoms with E-state index in [1.54, 1.807) is 11.1 Å². The molecule has 0 amide bonds. The van der Waals surface area contributed by atoms with Crippen molar-refractivity contribution in [2.24, 2.45) is 0 Å². The maximum Gasteiger partial charge on any atom is 0.0234 e. The lowest BCUT2D eigenvalue weighted by molar-refractivity contribution is 0.299. The molecule has 1 aromatic carbocycles. The van der Waals surface area contributed by atoms with E-state index in [1.165, 1.54) is 24.8 Å². The molecule has 88 valence electrons. The van der Waals surface area contributed by atoms with Crippen molar-refractivity contribution in [3.05, 3.63) is 34.9 Å². The number of hydrogen-bond acceptors (Lipinski definition) is 1. The predicted octanol–water partition coefficient (Wildman–Crippen LogP) is 3.39. The van der Waals surface area contributed by atoms with E-state index >= 15 is 0 Å². The van der Waals surface area contributed by atoms with Crippen molar-refractivity contribution in [3.8, 4) is 0 Å². The Hall–Kier alpha value is -0.340. The van der Waals surface area contributed by atoms with E-state index < -0.39 is 0 Å². The highest BCUT2D eigenvalue weighted by Crippen LogP contribution is 2.23. The molecule has 2 rings (SSSR count). The molecule has 2 heteroatoms. The van der Waals surface area contributed by atoms with Crippen molar-refractivity contribution in [3.63, 3.8) is 0 Å². The number of rotatable bonds is 5. The average molecular weight is 282 g/mol. The van der Waals surface area contributed by atoms with Crippen LogP contribution < -0.4 is 0 Å². The largest absolute Gasteiger partial charge is 0.299 e. The van der Waals surface area contributed by atoms with Gasteiger partial charge in [-0.25, -0.2) is 0 Å². The van der Waals surface area contributed by atoms with Crippen LogP contribution in [0.5, 0.6) is 0 Å². The quantitative estimate of drug-likeness (QED) is 0.748. The molecule has 16 heavy (non-hydrogen) atoms. The molecule has 0 atom stereocenters. The highest BCUT2D eigenvalue weighted by atomic mass is 79.9. The Bertz CT molecular complexity index is 349. The zero-order valence-electron chi connectivity index (χ0n) is 10.0. The fourth-order valence-electron chi connectivity index (χ4n) is 2.45. The first-order chi connectivity index (χ1) is 7.83. The summed E-state index contributed by atoms with van der Waals surface area (Å²) in [5, 5.41) is 1.06. The Morgan fingerprint density at radius 2 is 2.06 bits per heavy atom. The third-order valence-electron chi connectivity index (χ3n) is 3.42. The number of fused-ring (bicyclic) bond motifs is 1. The van der Waals surface area contributed by atoms with Gasteiger partial charge in [0.25, 0.3) is 0 Å². The Morgan fingerprint density at radius 3 is 2.81 bits per heavy atom. The van der Waals surface area contributed by atoms with Crippen LogP contribution in [0.3, 0.4) is 0 Å². The number of hydrogen-bond donors (Lipinski definition) is 0. The van der Waals surface area contributed by atoms with E-state index in [9.17, 15) is 0 Å². The van der Waals surface area contributed by atoms with Gasteiger partial charge in [-0.2, -0.15) is 0 Å². The Kier molecular flexibility index (Phi) is 4.42. The van der Waals surface area contributed by atoms with Gasteiger partial charge < -0.3 is 0 Å². The van der Waals surface area contributed by atoms with Crippen molar-refractivity contribution in [2.75, 3.05) is 18.4 Å². The minimum absolute atomic E-state index is 1.06. The topological polar surface area (TPSA) is 3.24 Å². The summed E-state index contributed by atoms with van der Waals surface area (Å²) in [6.45, 7) is 5.58. The summed E-state index contributed by atoms with van der Waals surface area (Å²) in [5.41, 5.74) is 4.64. The predicted molar refractivity (Wildman–Crippen MR) is 73.2 cm³/mol. The molecular weight excluding hydrogens is 262 g/mol. The van der Waals surface area contributed by atoms with E-state index in [-0.39, 0.29) is 0 Å². The summed E-state index contributed by atoms with van der Waals surface area (Å²) >= 11 is 3.51. The monoisotopic (exact) mass is 281 g/mol. The van der Waals surface area contributed by atoms with E-state index in [2.05, 4.69) is 46.0 Å². The highest BCUT2D eigenvalue weighted by molar-refractivity contribution is 9.09. The molecule has 0 saturated heterocycles. The van der Waals surface area contributed by atoms with Crippen LogP contribution >= 0.6 is 15.9 Å². The number of alkyl halides is 1. The molecule has 0 heterocycles. The van der Waals surface area contributed by atoms with Crippen LogP contribution in [-0.4, -0.2) is 23.3 Å². The Morgan fingerprint density at radius 1 is 1.25 bits per heavy atom. The van der Waals surface area contributed by atoms with Crippen molar-refractivity contribution in [2.45, 2.75) is 32.7 Å². The molecule has 0 spiro atoms. The lowest BCUT2D eigenvalue weighted by atomic mass is 10.1. The molecule has 1 aliphatic carbocycles. The van der Waals surface area contributed by atoms with E-state index in [0.717, 1.165) is 25.0 Å². The minimum atomic E-state index is 1.06. The van der Waals surface area contributed by atoms with E-state index in [0.29, 0.717) is 0 Å². The van der Waals surface area contributed by atoms with Crippen LogP contribution in [-0.2, 0) is 19.4 Å². The summed E-state index contributed by atoms with van der Waals surface area (Å²) in [5.74, 6) is 0. The van der Waals surface area contributed by atoms with Gasteiger partial charge in [-0.15, -0.1) is 0 Å². The van der Waals surface area contributed by atoms with Gasteiger partial charge in [0.05, 0.1) is 0 Å². The van der Waals surface area contributed by atoms with Crippen molar-refractivity contribution in [1.29, 1.82) is 0 Å². The van der Waals surface area contributed by atoms with Crippen LogP contribution in [0.2, 0.25) is 0 Å². The first-order valence-electron chi connectivity index (χ1n) is 6.22. The van der Waals surface area contributed by atoms with Crippen LogP contribution in [0.15, 0.2) is 18.2 Å². The molecule has 0 radical (unpaired) electrons. The molecule has 0 aliphatic heterocycles. The highest BCUT2D eigenvalue weighted by Gasteiger charge is 2.11. The summed E-state index contributed by atoms with van der Waals surface area (Å²) in [6.07, 6.45) is 3.92. The van der Waals surface area contributed by atoms with Gasteiger partial charge in [0, 0.05) is 18.4 Å². The standard InChI is InChI=1S/C14H20BrN/c1-2-16(9-8-15)11-12-6-7-13-4-3-5-14(13)10-12/h6-7,10H,2-5,8-9,11H2,1H3. The summed E-state index contributed by atoms with van der Waals surface area (Å²) in [7, 11) is 0. The van der Waals surface area contributed by atoms with Crippen LogP contribution in [0.1, 0.15) is 30.0 Å². The molecule has 1 nitrogen and oxygen atoms in total. The molecule has 0 bridgehead atoms. The normalized spacial score (nSPS) is 14.4. The lowest BCUT2D eigenvalue weighted by Gasteiger charge is -2.19. The first kappa shape index (κ1) is 12.1. The minimum Gasteiger partial charge on any atom is -0.299 e. The Balaban J connectivity index is 2.04. The van der Waals surface area contributed by atoms with Crippen LogP contribution in [0.4, 0.5) is 0 Å². The number of nitrogens with zero attached hydrogens (tertiary/aromatic N) is 1. The third kappa shape index (κ3) is 2.86. The molecule has 1 aliphatic rings. The molecule has 0 aromatic heterocycles. The fraction of sp³-hybridized carbons (Fsp3) is 0.571. The zero-order chi connectivity index (χ0) is 11.4. The van der Waals surface area contributed by atoms with E-state index in [1.807, 2.05) is 0 Å². The van der Waals surface area contributed by atoms with Crippen LogP contribution in [0, 0.1) is 0 Å². The SMILES string of the molecule is CCN(CCBr)Cc1ccc2c(c1)CCC2. The first-order valence-corrected chi connectivity index (χ1v) is 7.34. The maximum atomic E-state index is 3.51. The van der Waals surface area contributed by atoms with Gasteiger partial charge in [-0.05, 0) is 42.5 Å². The van der Waals surface area contributed by atoms with Gasteiger partial charge in [0.2, 0.25) is 0 Å². The van der Waals surface area contributed by atoms with Gasteiger partial charge in [0.15, 0.2) is 0 Å². The zero-order valence-corrected chi connectivity index (χ0v) is 11.6. The fourth-order valence-corrected chi connectivity index (χ4v) is 2.95. The van der Waals surface area contributed by atoms with Crippen molar-refractivity contribution < 1.29 is 0 Å². The third-order valence-corrected chi connectivity index (χ3v) is 3.77. The molecule has 0 unspecified atom stereocenters. The van der Waals surface area contributed by atoms with Gasteiger partial charge in [-0.3, -0.25) is 4.90 Å². The lowest BCUT2D eigenvalue weighted by Crippen LogP contribution is -2.24. The molecule has 0 fully saturated rings. The maximum absolute atomic E-state index is 3.51. The summed E-state index contributed by atoms with van der Waals surface area (Å²) in [4.78, 5) is 2.48. The Labute approximate surface area is 107 Å². The second-order valence-corrected chi connectivity index (χ2v) is 5.31. The molecule has 1 aromatic rings. The van der Waals surface area contributed by atoms with Crippen molar-refractivity contribution in [1.82, 2.24) is 4.90 Å².